The number of aromatic nitrogens is 2. The Labute approximate surface area is 178 Å². The van der Waals surface area contributed by atoms with Crippen LogP contribution in [0.25, 0.3) is 16.7 Å². The molecular formula is C25H19N3O3. The maximum Gasteiger partial charge on any atom is 0.300 e. The molecule has 152 valence electrons. The van der Waals surface area contributed by atoms with E-state index in [1.807, 2.05) is 49.4 Å². The van der Waals surface area contributed by atoms with Crippen LogP contribution < -0.4 is 4.90 Å². The van der Waals surface area contributed by atoms with Gasteiger partial charge in [0.15, 0.2) is 0 Å². The fourth-order valence-electron chi connectivity index (χ4n) is 4.15. The highest BCUT2D eigenvalue weighted by Gasteiger charge is 2.47. The number of H-pyrrole nitrogens is 1. The number of hydrogen-bond donors (Lipinski definition) is 2. The lowest BCUT2D eigenvalue weighted by Crippen LogP contribution is -2.29. The lowest BCUT2D eigenvalue weighted by Gasteiger charge is -2.25. The molecule has 4 aromatic rings. The molecule has 1 aliphatic rings. The van der Waals surface area contributed by atoms with Gasteiger partial charge in [-0.15, -0.1) is 0 Å². The minimum absolute atomic E-state index is 0.0578. The predicted molar refractivity (Wildman–Crippen MR) is 118 cm³/mol. The lowest BCUT2D eigenvalue weighted by molar-refractivity contribution is -0.132. The number of aromatic amines is 1. The highest BCUT2D eigenvalue weighted by molar-refractivity contribution is 6.51. The normalized spacial score (nSPS) is 18.1. The number of ketones is 1. The van der Waals surface area contributed by atoms with Gasteiger partial charge in [0.25, 0.3) is 11.7 Å². The number of benzene rings is 2. The largest absolute Gasteiger partial charge is 0.507 e. The summed E-state index contributed by atoms with van der Waals surface area (Å²) in [5, 5.41) is 12.1. The number of para-hydroxylation sites is 1. The maximum absolute atomic E-state index is 13.2. The number of aryl methyl sites for hydroxylation is 1. The van der Waals surface area contributed by atoms with E-state index in [0.717, 1.165) is 16.5 Å². The average Bonchev–Trinajstić information content (AvgIpc) is 3.33. The van der Waals surface area contributed by atoms with Gasteiger partial charge in [0.05, 0.1) is 11.6 Å². The molecule has 2 aromatic heterocycles. The minimum Gasteiger partial charge on any atom is -0.507 e. The number of pyridine rings is 1. The molecule has 0 spiro atoms. The van der Waals surface area contributed by atoms with Gasteiger partial charge >= 0.3 is 0 Å². The van der Waals surface area contributed by atoms with Crippen molar-refractivity contribution in [3.8, 4) is 0 Å². The number of Topliss-reactive ketones (excluding diaryl/α,β-unsaturated/α-hetero) is 1. The fraction of sp³-hybridized carbons (Fsp3) is 0.0800. The molecule has 3 heterocycles. The van der Waals surface area contributed by atoms with E-state index in [-0.39, 0.29) is 11.3 Å². The van der Waals surface area contributed by atoms with Crippen LogP contribution in [0.15, 0.2) is 84.8 Å². The Morgan fingerprint density at radius 3 is 2.58 bits per heavy atom. The summed E-state index contributed by atoms with van der Waals surface area (Å²) in [6.45, 7) is 1.92. The van der Waals surface area contributed by atoms with E-state index in [9.17, 15) is 14.7 Å². The van der Waals surface area contributed by atoms with Crippen LogP contribution in [0.3, 0.4) is 0 Å². The highest BCUT2D eigenvalue weighted by atomic mass is 16.3. The van der Waals surface area contributed by atoms with Crippen LogP contribution in [0.4, 0.5) is 5.69 Å². The number of anilines is 1. The Morgan fingerprint density at radius 2 is 1.81 bits per heavy atom. The Bertz CT molecular complexity index is 1350. The summed E-state index contributed by atoms with van der Waals surface area (Å²) >= 11 is 0. The van der Waals surface area contributed by atoms with Gasteiger partial charge in [-0.1, -0.05) is 30.3 Å². The van der Waals surface area contributed by atoms with Crippen LogP contribution in [0, 0.1) is 6.92 Å². The molecule has 1 saturated heterocycles. The molecule has 0 bridgehead atoms. The van der Waals surface area contributed by atoms with E-state index in [1.165, 1.54) is 4.90 Å². The molecule has 0 radical (unpaired) electrons. The number of hydrogen-bond acceptors (Lipinski definition) is 4. The second-order valence-corrected chi connectivity index (χ2v) is 7.54. The van der Waals surface area contributed by atoms with Gasteiger partial charge in [-0.05, 0) is 48.4 Å². The van der Waals surface area contributed by atoms with E-state index >= 15 is 0 Å². The zero-order valence-electron chi connectivity index (χ0n) is 16.7. The maximum atomic E-state index is 13.2. The zero-order valence-corrected chi connectivity index (χ0v) is 16.7. The summed E-state index contributed by atoms with van der Waals surface area (Å²) in [6.07, 6.45) is 4.87. The van der Waals surface area contributed by atoms with Crippen LogP contribution in [0.1, 0.15) is 22.7 Å². The molecule has 31 heavy (non-hydrogen) atoms. The number of aliphatic hydroxyl groups excluding tert-OH is 1. The zero-order chi connectivity index (χ0) is 21.5. The first-order chi connectivity index (χ1) is 15.1. The SMILES string of the molecule is Cc1cccc(N2C(=O)C(=O)/C(=C(\O)c3c[nH]c4ccccc34)C2c2ccncc2)c1. The van der Waals surface area contributed by atoms with E-state index in [1.54, 1.807) is 36.8 Å². The highest BCUT2D eigenvalue weighted by Crippen LogP contribution is 2.42. The third kappa shape index (κ3) is 3.00. The topological polar surface area (TPSA) is 86.3 Å². The predicted octanol–water partition coefficient (Wildman–Crippen LogP) is 4.50. The minimum atomic E-state index is -0.765. The first-order valence-corrected chi connectivity index (χ1v) is 9.90. The molecule has 6 heteroatoms. The van der Waals surface area contributed by atoms with Crippen molar-refractivity contribution in [3.63, 3.8) is 0 Å². The van der Waals surface area contributed by atoms with Crippen LogP contribution in [-0.4, -0.2) is 26.8 Å². The van der Waals surface area contributed by atoms with E-state index in [4.69, 9.17) is 0 Å². The lowest BCUT2D eigenvalue weighted by atomic mass is 9.95. The second-order valence-electron chi connectivity index (χ2n) is 7.54. The van der Waals surface area contributed by atoms with Crippen molar-refractivity contribution >= 4 is 34.0 Å². The van der Waals surface area contributed by atoms with Crippen molar-refractivity contribution in [1.29, 1.82) is 0 Å². The van der Waals surface area contributed by atoms with Crippen LogP contribution in [-0.2, 0) is 9.59 Å². The van der Waals surface area contributed by atoms with Gasteiger partial charge < -0.3 is 10.1 Å². The number of rotatable bonds is 3. The third-order valence-corrected chi connectivity index (χ3v) is 5.59. The smallest absolute Gasteiger partial charge is 0.300 e. The molecule has 1 unspecified atom stereocenters. The Balaban J connectivity index is 1.76. The molecule has 5 rings (SSSR count). The Kier molecular flexibility index (Phi) is 4.40. The van der Waals surface area contributed by atoms with Crippen LogP contribution >= 0.6 is 0 Å². The molecule has 1 aliphatic heterocycles. The van der Waals surface area contributed by atoms with Crippen molar-refractivity contribution in [2.45, 2.75) is 13.0 Å². The summed E-state index contributed by atoms with van der Waals surface area (Å²) < 4.78 is 0. The molecule has 2 N–H and O–H groups in total. The average molecular weight is 409 g/mol. The summed E-state index contributed by atoms with van der Waals surface area (Å²) in [5.41, 5.74) is 3.63. The Hall–Kier alpha value is -4.19. The third-order valence-electron chi connectivity index (χ3n) is 5.59. The molecule has 1 atom stereocenters. The van der Waals surface area contributed by atoms with Gasteiger partial charge in [0.2, 0.25) is 0 Å². The monoisotopic (exact) mass is 409 g/mol. The van der Waals surface area contributed by atoms with Crippen molar-refractivity contribution in [2.24, 2.45) is 0 Å². The number of fused-ring (bicyclic) bond motifs is 1. The van der Waals surface area contributed by atoms with Gasteiger partial charge in [-0.25, -0.2) is 0 Å². The molecule has 6 nitrogen and oxygen atoms in total. The van der Waals surface area contributed by atoms with Gasteiger partial charge in [-0.2, -0.15) is 0 Å². The first-order valence-electron chi connectivity index (χ1n) is 9.90. The molecule has 0 aliphatic carbocycles. The molecule has 2 aromatic carbocycles. The van der Waals surface area contributed by atoms with E-state index < -0.39 is 17.7 Å². The number of carbonyl (C=O) groups is 2. The van der Waals surface area contributed by atoms with E-state index in [0.29, 0.717) is 16.8 Å². The molecule has 1 amide bonds. The summed E-state index contributed by atoms with van der Waals surface area (Å²) in [4.78, 5) is 35.0. The number of aliphatic hydroxyl groups is 1. The van der Waals surface area contributed by atoms with E-state index in [2.05, 4.69) is 9.97 Å². The van der Waals surface area contributed by atoms with Gasteiger partial charge in [-0.3, -0.25) is 19.5 Å². The molecule has 0 saturated carbocycles. The van der Waals surface area contributed by atoms with Crippen molar-refractivity contribution in [1.82, 2.24) is 9.97 Å². The molecular weight excluding hydrogens is 390 g/mol. The number of amides is 1. The van der Waals surface area contributed by atoms with Crippen molar-refractivity contribution < 1.29 is 14.7 Å². The fourth-order valence-corrected chi connectivity index (χ4v) is 4.15. The summed E-state index contributed by atoms with van der Waals surface area (Å²) in [7, 11) is 0. The van der Waals surface area contributed by atoms with Crippen LogP contribution in [0.2, 0.25) is 0 Å². The number of nitrogens with one attached hydrogen (secondary N) is 1. The molecule has 1 fully saturated rings. The van der Waals surface area contributed by atoms with Gasteiger partial charge in [0.1, 0.15) is 5.76 Å². The Morgan fingerprint density at radius 1 is 1.03 bits per heavy atom. The quantitative estimate of drug-likeness (QED) is 0.296. The van der Waals surface area contributed by atoms with Crippen molar-refractivity contribution in [3.05, 3.63) is 102 Å². The first kappa shape index (κ1) is 18.8. The summed E-state index contributed by atoms with van der Waals surface area (Å²) in [5.74, 6) is -1.59. The standard InChI is InChI=1S/C25H19N3O3/c1-15-5-4-6-17(13-15)28-22(16-9-11-26-12-10-16)21(24(30)25(28)31)23(29)19-14-27-20-8-3-2-7-18(19)20/h2-14,22,27,29H,1H3/b23-21-. The number of nitrogens with zero attached hydrogens (tertiary/aromatic N) is 2. The summed E-state index contributed by atoms with van der Waals surface area (Å²) in [6, 6.07) is 17.6. The number of carbonyl (C=O) groups excluding carboxylic acids is 2. The van der Waals surface area contributed by atoms with Gasteiger partial charge in [0, 0.05) is 40.7 Å². The van der Waals surface area contributed by atoms with Crippen molar-refractivity contribution in [2.75, 3.05) is 4.90 Å². The van der Waals surface area contributed by atoms with Crippen LogP contribution in [0.5, 0.6) is 0 Å². The second kappa shape index (κ2) is 7.25.